The van der Waals surface area contributed by atoms with Crippen LogP contribution in [0.5, 0.6) is 0 Å². The first-order valence-corrected chi connectivity index (χ1v) is 12.4. The van der Waals surface area contributed by atoms with Gasteiger partial charge < -0.3 is 0 Å². The molecule has 0 spiro atoms. The average molecular weight is 409 g/mol. The van der Waals surface area contributed by atoms with Crippen LogP contribution in [-0.4, -0.2) is 5.78 Å². The van der Waals surface area contributed by atoms with Gasteiger partial charge in [0.25, 0.3) is 0 Å². The van der Waals surface area contributed by atoms with E-state index in [1.165, 1.54) is 75.3 Å². The molecule has 30 heavy (non-hydrogen) atoms. The molecule has 0 aliphatic rings. The second-order valence-electron chi connectivity index (χ2n) is 8.31. The summed E-state index contributed by atoms with van der Waals surface area (Å²) in [5.41, 5.74) is 2.55. The van der Waals surface area contributed by atoms with Crippen LogP contribution in [0.15, 0.2) is 60.7 Å². The minimum Gasteiger partial charge on any atom is -0.300 e. The van der Waals surface area contributed by atoms with Crippen LogP contribution in [0.1, 0.15) is 104 Å². The van der Waals surface area contributed by atoms with Gasteiger partial charge in [0.1, 0.15) is 5.78 Å². The van der Waals surface area contributed by atoms with E-state index in [2.05, 4.69) is 62.4 Å². The van der Waals surface area contributed by atoms with Crippen molar-refractivity contribution in [1.82, 2.24) is 0 Å². The minimum absolute atomic E-state index is 0.501. The van der Waals surface area contributed by atoms with Crippen LogP contribution in [0.4, 0.5) is 0 Å². The van der Waals surface area contributed by atoms with Crippen molar-refractivity contribution >= 4 is 5.78 Å². The molecule has 0 heterocycles. The Labute approximate surface area is 186 Å². The van der Waals surface area contributed by atoms with Crippen LogP contribution >= 0.6 is 0 Å². The molecule has 0 radical (unpaired) electrons. The number of Topliss-reactive ketones (excluding diaryl/α,β-unsaturated/α-hetero) is 1. The number of carbonyl (C=O) groups excluding carboxylic acids is 1. The van der Waals surface area contributed by atoms with Gasteiger partial charge in [-0.05, 0) is 24.0 Å². The third-order valence-electron chi connectivity index (χ3n) is 5.50. The summed E-state index contributed by atoms with van der Waals surface area (Å²) in [6.07, 6.45) is 17.1. The van der Waals surface area contributed by atoms with Gasteiger partial charge in [0.15, 0.2) is 0 Å². The first-order valence-electron chi connectivity index (χ1n) is 12.4. The van der Waals surface area contributed by atoms with Crippen molar-refractivity contribution in [3.63, 3.8) is 0 Å². The lowest BCUT2D eigenvalue weighted by Crippen LogP contribution is -1.97. The van der Waals surface area contributed by atoms with E-state index in [9.17, 15) is 4.79 Å². The van der Waals surface area contributed by atoms with Gasteiger partial charge in [-0.15, -0.1) is 0 Å². The molecule has 0 saturated heterocycles. The van der Waals surface area contributed by atoms with Gasteiger partial charge in [-0.2, -0.15) is 0 Å². The Morgan fingerprint density at radius 1 is 0.500 bits per heavy atom. The summed E-state index contributed by atoms with van der Waals surface area (Å²) < 4.78 is 0. The number of hydrogen-bond acceptors (Lipinski definition) is 1. The summed E-state index contributed by atoms with van der Waals surface area (Å²) in [5, 5.41) is 0. The second-order valence-corrected chi connectivity index (χ2v) is 8.31. The van der Waals surface area contributed by atoms with Crippen molar-refractivity contribution in [3.8, 4) is 11.1 Å². The fourth-order valence-electron chi connectivity index (χ4n) is 3.59. The molecule has 1 nitrogen and oxygen atoms in total. The molecule has 2 aromatic carbocycles. The van der Waals surface area contributed by atoms with Gasteiger partial charge in [0.2, 0.25) is 0 Å². The van der Waals surface area contributed by atoms with E-state index in [0.717, 1.165) is 25.7 Å². The summed E-state index contributed by atoms with van der Waals surface area (Å²) in [6, 6.07) is 20.8. The smallest absolute Gasteiger partial charge is 0.132 e. The Balaban J connectivity index is 0.000000321. The normalized spacial score (nSPS) is 10.3. The molecule has 0 aliphatic heterocycles. The lowest BCUT2D eigenvalue weighted by atomic mass is 10.0. The van der Waals surface area contributed by atoms with Gasteiger partial charge >= 0.3 is 0 Å². The Hall–Kier alpha value is -1.89. The Morgan fingerprint density at radius 2 is 0.833 bits per heavy atom. The van der Waals surface area contributed by atoms with E-state index in [1.807, 2.05) is 12.1 Å². The number of unbranched alkanes of at least 4 members (excludes halogenated alkanes) is 10. The van der Waals surface area contributed by atoms with Crippen LogP contribution in [0.25, 0.3) is 11.1 Å². The Bertz CT molecular complexity index is 562. The number of carbonyl (C=O) groups is 1. The molecule has 1 heteroatoms. The maximum Gasteiger partial charge on any atom is 0.132 e. The average Bonchev–Trinajstić information content (AvgIpc) is 2.80. The van der Waals surface area contributed by atoms with E-state index >= 15 is 0 Å². The Morgan fingerprint density at radius 3 is 1.20 bits per heavy atom. The fourth-order valence-corrected chi connectivity index (χ4v) is 3.59. The minimum atomic E-state index is 0.501. The molecule has 0 N–H and O–H groups in total. The Kier molecular flexibility index (Phi) is 16.6. The number of ketones is 1. The van der Waals surface area contributed by atoms with E-state index in [4.69, 9.17) is 0 Å². The SMILES string of the molecule is CCCCCCCCC(=O)CCCCCCCC.c1ccc(-c2ccccc2)cc1. The van der Waals surface area contributed by atoms with Crippen LogP contribution in [0, 0.1) is 0 Å². The summed E-state index contributed by atoms with van der Waals surface area (Å²) in [5.74, 6) is 0.501. The lowest BCUT2D eigenvalue weighted by Gasteiger charge is -2.02. The zero-order valence-corrected chi connectivity index (χ0v) is 19.6. The molecule has 2 aromatic rings. The van der Waals surface area contributed by atoms with Crippen molar-refractivity contribution in [1.29, 1.82) is 0 Å². The van der Waals surface area contributed by atoms with E-state index < -0.39 is 0 Å². The largest absolute Gasteiger partial charge is 0.300 e. The molecular weight excluding hydrogens is 364 g/mol. The summed E-state index contributed by atoms with van der Waals surface area (Å²) in [6.45, 7) is 4.48. The van der Waals surface area contributed by atoms with E-state index in [-0.39, 0.29) is 0 Å². The summed E-state index contributed by atoms with van der Waals surface area (Å²) in [7, 11) is 0. The lowest BCUT2D eigenvalue weighted by molar-refractivity contribution is -0.119. The predicted molar refractivity (Wildman–Crippen MR) is 133 cm³/mol. The van der Waals surface area contributed by atoms with Crippen molar-refractivity contribution in [2.45, 2.75) is 104 Å². The quantitative estimate of drug-likeness (QED) is 0.268. The molecule has 0 bridgehead atoms. The molecule has 0 unspecified atom stereocenters. The molecule has 0 amide bonds. The van der Waals surface area contributed by atoms with E-state index in [1.54, 1.807) is 0 Å². The van der Waals surface area contributed by atoms with Crippen LogP contribution in [0.2, 0.25) is 0 Å². The zero-order chi connectivity index (χ0) is 21.7. The highest BCUT2D eigenvalue weighted by molar-refractivity contribution is 5.78. The van der Waals surface area contributed by atoms with Crippen molar-refractivity contribution in [2.75, 3.05) is 0 Å². The number of hydrogen-bond donors (Lipinski definition) is 0. The molecule has 2 rings (SSSR count). The van der Waals surface area contributed by atoms with Gasteiger partial charge in [0, 0.05) is 12.8 Å². The molecular formula is C29H44O. The first-order chi connectivity index (χ1) is 14.8. The van der Waals surface area contributed by atoms with Gasteiger partial charge in [-0.1, -0.05) is 139 Å². The second kappa shape index (κ2) is 19.1. The van der Waals surface area contributed by atoms with Crippen LogP contribution in [-0.2, 0) is 4.79 Å². The fraction of sp³-hybridized carbons (Fsp3) is 0.552. The first kappa shape index (κ1) is 26.1. The van der Waals surface area contributed by atoms with Crippen molar-refractivity contribution in [3.05, 3.63) is 60.7 Å². The molecule has 0 fully saturated rings. The van der Waals surface area contributed by atoms with Crippen LogP contribution < -0.4 is 0 Å². The van der Waals surface area contributed by atoms with E-state index in [0.29, 0.717) is 5.78 Å². The summed E-state index contributed by atoms with van der Waals surface area (Å²) in [4.78, 5) is 11.6. The molecule has 0 saturated carbocycles. The maximum atomic E-state index is 11.6. The summed E-state index contributed by atoms with van der Waals surface area (Å²) >= 11 is 0. The number of rotatable bonds is 15. The highest BCUT2D eigenvalue weighted by Gasteiger charge is 2.01. The highest BCUT2D eigenvalue weighted by atomic mass is 16.1. The maximum absolute atomic E-state index is 11.6. The number of benzene rings is 2. The van der Waals surface area contributed by atoms with Gasteiger partial charge in [-0.3, -0.25) is 4.79 Å². The standard InChI is InChI=1S/C17H34O.C12H10/c1-3-5-7-9-11-13-15-17(18)16-14-12-10-8-6-4-2;1-3-7-11(8-4-1)12-9-5-2-6-10-12/h3-16H2,1-2H3;1-10H. The predicted octanol–water partition coefficient (Wildman–Crippen LogP) is 9.41. The highest BCUT2D eigenvalue weighted by Crippen LogP contribution is 2.17. The van der Waals surface area contributed by atoms with Crippen LogP contribution in [0.3, 0.4) is 0 Å². The molecule has 166 valence electrons. The molecule has 0 aliphatic carbocycles. The third-order valence-corrected chi connectivity index (χ3v) is 5.50. The van der Waals surface area contributed by atoms with Gasteiger partial charge in [0.05, 0.1) is 0 Å². The monoisotopic (exact) mass is 408 g/mol. The molecule has 0 atom stereocenters. The van der Waals surface area contributed by atoms with Crippen molar-refractivity contribution < 1.29 is 4.79 Å². The molecule has 0 aromatic heterocycles. The zero-order valence-electron chi connectivity index (χ0n) is 19.6. The van der Waals surface area contributed by atoms with Crippen molar-refractivity contribution in [2.24, 2.45) is 0 Å². The van der Waals surface area contributed by atoms with Gasteiger partial charge in [-0.25, -0.2) is 0 Å². The third kappa shape index (κ3) is 14.1. The topological polar surface area (TPSA) is 17.1 Å².